The van der Waals surface area contributed by atoms with Crippen LogP contribution in [-0.4, -0.2) is 22.7 Å². The zero-order valence-electron chi connectivity index (χ0n) is 10.8. The Labute approximate surface area is 98.6 Å². The second kappa shape index (κ2) is 5.67. The molecule has 94 valence electrons. The lowest BCUT2D eigenvalue weighted by atomic mass is 9.84. The Morgan fingerprint density at radius 1 is 1.38 bits per heavy atom. The number of carboxylic acid groups (broad SMARTS) is 1. The number of nitrogens with one attached hydrogen (secondary N) is 1. The van der Waals surface area contributed by atoms with Gasteiger partial charge in [-0.2, -0.15) is 0 Å². The molecule has 0 aliphatic heterocycles. The highest BCUT2D eigenvalue weighted by Crippen LogP contribution is 2.27. The van der Waals surface area contributed by atoms with Gasteiger partial charge in [-0.15, -0.1) is 0 Å². The highest BCUT2D eigenvalue weighted by atomic mass is 16.4. The third-order valence-electron chi connectivity index (χ3n) is 4.03. The van der Waals surface area contributed by atoms with Gasteiger partial charge in [0.2, 0.25) is 0 Å². The van der Waals surface area contributed by atoms with Gasteiger partial charge in [0, 0.05) is 6.04 Å². The molecule has 0 radical (unpaired) electrons. The van der Waals surface area contributed by atoms with Crippen LogP contribution < -0.4 is 5.32 Å². The summed E-state index contributed by atoms with van der Waals surface area (Å²) in [6, 6.07) is 0.389. The zero-order valence-corrected chi connectivity index (χ0v) is 10.8. The minimum Gasteiger partial charge on any atom is -0.480 e. The van der Waals surface area contributed by atoms with Gasteiger partial charge in [-0.1, -0.05) is 33.6 Å². The monoisotopic (exact) mass is 227 g/mol. The van der Waals surface area contributed by atoms with E-state index in [2.05, 4.69) is 12.2 Å². The zero-order chi connectivity index (χ0) is 12.2. The van der Waals surface area contributed by atoms with Crippen LogP contribution in [0.5, 0.6) is 0 Å². The lowest BCUT2D eigenvalue weighted by Crippen LogP contribution is -2.56. The van der Waals surface area contributed by atoms with Gasteiger partial charge in [0.15, 0.2) is 0 Å². The predicted molar refractivity (Wildman–Crippen MR) is 65.5 cm³/mol. The van der Waals surface area contributed by atoms with E-state index < -0.39 is 11.5 Å². The van der Waals surface area contributed by atoms with Crippen molar-refractivity contribution in [1.82, 2.24) is 5.32 Å². The number of hydrogen-bond donors (Lipinski definition) is 2. The quantitative estimate of drug-likeness (QED) is 0.759. The third kappa shape index (κ3) is 2.97. The van der Waals surface area contributed by atoms with Gasteiger partial charge in [-0.25, -0.2) is 0 Å². The molecule has 0 aromatic rings. The van der Waals surface area contributed by atoms with E-state index in [1.165, 1.54) is 12.8 Å². The average Bonchev–Trinajstić information content (AvgIpc) is 2.25. The molecule has 1 aliphatic carbocycles. The molecule has 3 nitrogen and oxygen atoms in total. The minimum atomic E-state index is -0.707. The van der Waals surface area contributed by atoms with Gasteiger partial charge in [0.25, 0.3) is 0 Å². The topological polar surface area (TPSA) is 49.3 Å². The predicted octanol–water partition coefficient (Wildman–Crippen LogP) is 2.80. The fraction of sp³-hybridized carbons (Fsp3) is 0.923. The van der Waals surface area contributed by atoms with Gasteiger partial charge in [0.1, 0.15) is 5.54 Å². The summed E-state index contributed by atoms with van der Waals surface area (Å²) in [5.41, 5.74) is -0.707. The lowest BCUT2D eigenvalue weighted by molar-refractivity contribution is -0.145. The summed E-state index contributed by atoms with van der Waals surface area (Å²) < 4.78 is 0. The molecule has 2 atom stereocenters. The van der Waals surface area contributed by atoms with E-state index in [9.17, 15) is 9.90 Å². The molecule has 2 unspecified atom stereocenters. The molecule has 1 aliphatic rings. The van der Waals surface area contributed by atoms with Crippen LogP contribution in [0.2, 0.25) is 0 Å². The third-order valence-corrected chi connectivity index (χ3v) is 4.03. The van der Waals surface area contributed by atoms with Crippen molar-refractivity contribution < 1.29 is 9.90 Å². The van der Waals surface area contributed by atoms with Crippen molar-refractivity contribution in [3.63, 3.8) is 0 Å². The van der Waals surface area contributed by atoms with Gasteiger partial charge in [-0.05, 0) is 31.6 Å². The van der Waals surface area contributed by atoms with Crippen molar-refractivity contribution in [2.45, 2.75) is 70.9 Å². The Morgan fingerprint density at radius 3 is 2.44 bits per heavy atom. The van der Waals surface area contributed by atoms with Crippen LogP contribution in [0.25, 0.3) is 0 Å². The van der Waals surface area contributed by atoms with Crippen LogP contribution in [0.4, 0.5) is 0 Å². The maximum Gasteiger partial charge on any atom is 0.323 e. The molecule has 3 heteroatoms. The number of carboxylic acids is 1. The summed E-state index contributed by atoms with van der Waals surface area (Å²) >= 11 is 0. The second-order valence-corrected chi connectivity index (χ2v) is 5.21. The standard InChI is InChI=1S/C13H25NO2/c1-4-13(5-2,12(15)16)14-11-8-6-7-10(3)9-11/h10-11,14H,4-9H2,1-3H3,(H,15,16). The molecule has 0 bridgehead atoms. The molecule has 2 N–H and O–H groups in total. The van der Waals surface area contributed by atoms with Gasteiger partial charge < -0.3 is 5.11 Å². The first-order valence-corrected chi connectivity index (χ1v) is 6.55. The van der Waals surface area contributed by atoms with Crippen LogP contribution in [0.3, 0.4) is 0 Å². The Hall–Kier alpha value is -0.570. The summed E-state index contributed by atoms with van der Waals surface area (Å²) in [5, 5.41) is 12.8. The number of aliphatic carboxylic acids is 1. The van der Waals surface area contributed by atoms with Crippen LogP contribution in [0.1, 0.15) is 59.3 Å². The molecule has 16 heavy (non-hydrogen) atoms. The first-order valence-electron chi connectivity index (χ1n) is 6.55. The van der Waals surface area contributed by atoms with Gasteiger partial charge in [0.05, 0.1) is 0 Å². The molecule has 0 spiro atoms. The van der Waals surface area contributed by atoms with Gasteiger partial charge in [-0.3, -0.25) is 10.1 Å². The Kier molecular flexibility index (Phi) is 4.78. The van der Waals surface area contributed by atoms with E-state index in [0.717, 1.165) is 18.8 Å². The molecule has 1 fully saturated rings. The molecule has 0 aromatic carbocycles. The van der Waals surface area contributed by atoms with Crippen LogP contribution in [0, 0.1) is 5.92 Å². The fourth-order valence-corrected chi connectivity index (χ4v) is 2.77. The smallest absolute Gasteiger partial charge is 0.323 e. The summed E-state index contributed by atoms with van der Waals surface area (Å²) in [5.74, 6) is 0.0298. The van der Waals surface area contributed by atoms with E-state index >= 15 is 0 Å². The van der Waals surface area contributed by atoms with E-state index in [-0.39, 0.29) is 0 Å². The minimum absolute atomic E-state index is 0.389. The summed E-state index contributed by atoms with van der Waals surface area (Å²) in [6.45, 7) is 6.17. The number of rotatable bonds is 5. The lowest BCUT2D eigenvalue weighted by Gasteiger charge is -2.36. The first kappa shape index (κ1) is 13.5. The summed E-state index contributed by atoms with van der Waals surface area (Å²) in [7, 11) is 0. The molecule has 0 amide bonds. The highest BCUT2D eigenvalue weighted by molar-refractivity contribution is 5.78. The molecule has 1 rings (SSSR count). The number of carbonyl (C=O) groups is 1. The maximum atomic E-state index is 11.4. The van der Waals surface area contributed by atoms with Crippen LogP contribution in [0.15, 0.2) is 0 Å². The van der Waals surface area contributed by atoms with Crippen molar-refractivity contribution in [1.29, 1.82) is 0 Å². The van der Waals surface area contributed by atoms with Crippen LogP contribution >= 0.6 is 0 Å². The Morgan fingerprint density at radius 2 is 2.00 bits per heavy atom. The fourth-order valence-electron chi connectivity index (χ4n) is 2.77. The largest absolute Gasteiger partial charge is 0.480 e. The Balaban J connectivity index is 2.64. The first-order chi connectivity index (χ1) is 7.54. The van der Waals surface area contributed by atoms with E-state index in [1.54, 1.807) is 0 Å². The number of hydrogen-bond acceptors (Lipinski definition) is 2. The van der Waals surface area contributed by atoms with E-state index in [4.69, 9.17) is 0 Å². The molecule has 0 aromatic heterocycles. The summed E-state index contributed by atoms with van der Waals surface area (Å²) in [4.78, 5) is 11.4. The van der Waals surface area contributed by atoms with Crippen molar-refractivity contribution in [3.05, 3.63) is 0 Å². The van der Waals surface area contributed by atoms with Gasteiger partial charge >= 0.3 is 5.97 Å². The van der Waals surface area contributed by atoms with Crippen molar-refractivity contribution in [3.8, 4) is 0 Å². The van der Waals surface area contributed by atoms with Crippen molar-refractivity contribution >= 4 is 5.97 Å². The molecule has 1 saturated carbocycles. The van der Waals surface area contributed by atoms with E-state index in [0.29, 0.717) is 18.9 Å². The average molecular weight is 227 g/mol. The molecule has 0 heterocycles. The normalized spacial score (nSPS) is 26.7. The maximum absolute atomic E-state index is 11.4. The SMILES string of the molecule is CCC(CC)(NC1CCCC(C)C1)C(=O)O. The van der Waals surface area contributed by atoms with Crippen molar-refractivity contribution in [2.75, 3.05) is 0 Å². The van der Waals surface area contributed by atoms with E-state index in [1.807, 2.05) is 13.8 Å². The molecular weight excluding hydrogens is 202 g/mol. The molecular formula is C13H25NO2. The second-order valence-electron chi connectivity index (χ2n) is 5.21. The summed E-state index contributed by atoms with van der Waals surface area (Å²) in [6.07, 6.45) is 6.07. The van der Waals surface area contributed by atoms with Crippen LogP contribution in [-0.2, 0) is 4.79 Å². The highest BCUT2D eigenvalue weighted by Gasteiger charge is 2.37. The molecule has 0 saturated heterocycles. The Bertz CT molecular complexity index is 236. The van der Waals surface area contributed by atoms with Crippen molar-refractivity contribution in [2.24, 2.45) is 5.92 Å².